The number of rotatable bonds is 1. The first-order chi connectivity index (χ1) is 4.72. The van der Waals surface area contributed by atoms with Gasteiger partial charge < -0.3 is 15.0 Å². The smallest absolute Gasteiger partial charge is 0.545 e. The van der Waals surface area contributed by atoms with Crippen LogP contribution in [-0.2, 0) is 16.8 Å². The van der Waals surface area contributed by atoms with E-state index >= 15 is 0 Å². The molecule has 1 radical (unpaired) electrons. The quantitative estimate of drug-likeness (QED) is 0.505. The fourth-order valence-electron chi connectivity index (χ4n) is 0.646. The Morgan fingerprint density at radius 3 is 2.17 bits per heavy atom. The molecule has 0 fully saturated rings. The summed E-state index contributed by atoms with van der Waals surface area (Å²) in [5, 5.41) is 19.0. The van der Waals surface area contributed by atoms with Crippen molar-refractivity contribution in [1.82, 2.24) is 0 Å². The molecule has 0 aliphatic rings. The van der Waals surface area contributed by atoms with Crippen LogP contribution in [0.4, 0.5) is 0 Å². The summed E-state index contributed by atoms with van der Waals surface area (Å²) in [6, 6.07) is 5.64. The summed E-state index contributed by atoms with van der Waals surface area (Å²) in [7, 11) is 0. The first kappa shape index (κ1) is 14.5. The Kier molecular flexibility index (Phi) is 7.87. The Morgan fingerprint density at radius 1 is 1.33 bits per heavy atom. The number of phenols is 1. The summed E-state index contributed by atoms with van der Waals surface area (Å²) in [5.74, 6) is -1.62. The van der Waals surface area contributed by atoms with Gasteiger partial charge in [-0.1, -0.05) is 12.1 Å². The van der Waals surface area contributed by atoms with E-state index in [1.54, 1.807) is 6.07 Å². The molecular formula is C7H5CoNaO3. The molecule has 61 valence electrons. The Morgan fingerprint density at radius 2 is 1.83 bits per heavy atom. The molecule has 0 saturated heterocycles. The predicted molar refractivity (Wildman–Crippen MR) is 32.4 cm³/mol. The molecule has 1 aromatic rings. The third-order valence-electron chi connectivity index (χ3n) is 1.12. The Labute approximate surface area is 102 Å². The molecule has 0 heterocycles. The van der Waals surface area contributed by atoms with Crippen LogP contribution in [-0.4, -0.2) is 11.1 Å². The number of carboxylic acid groups (broad SMARTS) is 1. The molecule has 0 aromatic heterocycles. The van der Waals surface area contributed by atoms with Gasteiger partial charge in [-0.3, -0.25) is 0 Å². The Balaban J connectivity index is 0. The number of aromatic hydroxyl groups is 1. The number of benzene rings is 1. The van der Waals surface area contributed by atoms with Crippen LogP contribution in [0.5, 0.6) is 5.75 Å². The summed E-state index contributed by atoms with van der Waals surface area (Å²) in [6.07, 6.45) is 0. The monoisotopic (exact) mass is 219 g/mol. The van der Waals surface area contributed by atoms with E-state index < -0.39 is 5.97 Å². The molecule has 1 rings (SSSR count). The maximum Gasteiger partial charge on any atom is 1.00 e. The van der Waals surface area contributed by atoms with E-state index in [4.69, 9.17) is 5.11 Å². The van der Waals surface area contributed by atoms with Gasteiger partial charge in [0.2, 0.25) is 0 Å². The molecule has 0 aliphatic heterocycles. The van der Waals surface area contributed by atoms with Crippen molar-refractivity contribution in [1.29, 1.82) is 0 Å². The fourth-order valence-corrected chi connectivity index (χ4v) is 0.646. The van der Waals surface area contributed by atoms with Gasteiger partial charge in [-0.25, -0.2) is 0 Å². The third-order valence-corrected chi connectivity index (χ3v) is 1.12. The molecule has 3 nitrogen and oxygen atoms in total. The van der Waals surface area contributed by atoms with E-state index in [1.165, 1.54) is 18.2 Å². The minimum atomic E-state index is -1.36. The molecule has 0 atom stereocenters. The largest absolute Gasteiger partial charge is 1.00 e. The van der Waals surface area contributed by atoms with E-state index in [2.05, 4.69) is 0 Å². The normalized spacial score (nSPS) is 7.67. The van der Waals surface area contributed by atoms with Crippen molar-refractivity contribution in [3.63, 3.8) is 0 Å². The Bertz CT molecular complexity index is 265. The van der Waals surface area contributed by atoms with Crippen LogP contribution >= 0.6 is 0 Å². The molecule has 1 N–H and O–H groups in total. The molecule has 0 saturated carbocycles. The molecule has 0 amide bonds. The average molecular weight is 219 g/mol. The third kappa shape index (κ3) is 3.60. The molecule has 0 spiro atoms. The fraction of sp³-hybridized carbons (Fsp3) is 0. The van der Waals surface area contributed by atoms with Gasteiger partial charge in [0.05, 0.1) is 5.97 Å². The van der Waals surface area contributed by atoms with Crippen molar-refractivity contribution in [2.75, 3.05) is 0 Å². The predicted octanol–water partition coefficient (Wildman–Crippen LogP) is -3.24. The Hall–Kier alpha value is -0.00351. The van der Waals surface area contributed by atoms with Gasteiger partial charge in [0.1, 0.15) is 5.75 Å². The second kappa shape index (κ2) is 6.51. The van der Waals surface area contributed by atoms with Gasteiger partial charge in [-0.05, 0) is 12.1 Å². The van der Waals surface area contributed by atoms with E-state index in [0.29, 0.717) is 0 Å². The van der Waals surface area contributed by atoms with Gasteiger partial charge in [-0.15, -0.1) is 0 Å². The molecule has 1 aromatic carbocycles. The number of carboxylic acids is 1. The summed E-state index contributed by atoms with van der Waals surface area (Å²) in [4.78, 5) is 10.2. The maximum atomic E-state index is 10.2. The van der Waals surface area contributed by atoms with Crippen molar-refractivity contribution in [3.8, 4) is 5.75 Å². The summed E-state index contributed by atoms with van der Waals surface area (Å²) in [6.45, 7) is 0. The van der Waals surface area contributed by atoms with Crippen LogP contribution in [0.15, 0.2) is 24.3 Å². The topological polar surface area (TPSA) is 60.4 Å². The zero-order valence-corrected chi connectivity index (χ0v) is 9.45. The molecule has 0 bridgehead atoms. The van der Waals surface area contributed by atoms with E-state index in [9.17, 15) is 9.90 Å². The summed E-state index contributed by atoms with van der Waals surface area (Å²) < 4.78 is 0. The van der Waals surface area contributed by atoms with Crippen LogP contribution in [0.2, 0.25) is 0 Å². The molecule has 0 unspecified atom stereocenters. The zero-order chi connectivity index (χ0) is 7.56. The minimum Gasteiger partial charge on any atom is -0.545 e. The maximum absolute atomic E-state index is 10.2. The van der Waals surface area contributed by atoms with Crippen molar-refractivity contribution in [2.24, 2.45) is 0 Å². The first-order valence-electron chi connectivity index (χ1n) is 2.71. The first-order valence-corrected chi connectivity index (χ1v) is 2.71. The van der Waals surface area contributed by atoms with Crippen molar-refractivity contribution >= 4 is 5.97 Å². The minimum absolute atomic E-state index is 0. The standard InChI is InChI=1S/C7H6O3.Co.Na/c8-6-4-2-1-3-5(6)7(9)10;;/h1-4,8H,(H,9,10);;/q;;+1/p-1. The van der Waals surface area contributed by atoms with Gasteiger partial charge >= 0.3 is 29.6 Å². The van der Waals surface area contributed by atoms with Crippen LogP contribution in [0.3, 0.4) is 0 Å². The van der Waals surface area contributed by atoms with E-state index in [-0.39, 0.29) is 57.6 Å². The number of hydrogen-bond acceptors (Lipinski definition) is 3. The van der Waals surface area contributed by atoms with E-state index in [1.807, 2.05) is 0 Å². The van der Waals surface area contributed by atoms with E-state index in [0.717, 1.165) is 0 Å². The number of aromatic carboxylic acids is 1. The van der Waals surface area contributed by atoms with Crippen LogP contribution in [0, 0.1) is 0 Å². The number of hydrogen-bond donors (Lipinski definition) is 1. The summed E-state index contributed by atoms with van der Waals surface area (Å²) >= 11 is 0. The number of carbonyl (C=O) groups excluding carboxylic acids is 1. The molecule has 5 heteroatoms. The number of para-hydroxylation sites is 1. The second-order valence-electron chi connectivity index (χ2n) is 1.80. The average Bonchev–Trinajstić information content (AvgIpc) is 1.88. The number of carbonyl (C=O) groups is 1. The van der Waals surface area contributed by atoms with Crippen molar-refractivity contribution in [3.05, 3.63) is 29.8 Å². The molecule has 0 aliphatic carbocycles. The van der Waals surface area contributed by atoms with Crippen LogP contribution in [0.25, 0.3) is 0 Å². The van der Waals surface area contributed by atoms with Gasteiger partial charge in [0, 0.05) is 22.3 Å². The molecular weight excluding hydrogens is 214 g/mol. The van der Waals surface area contributed by atoms with Gasteiger partial charge in [0.15, 0.2) is 0 Å². The van der Waals surface area contributed by atoms with Gasteiger partial charge in [0.25, 0.3) is 0 Å². The van der Waals surface area contributed by atoms with Crippen molar-refractivity contribution < 1.29 is 61.3 Å². The zero-order valence-electron chi connectivity index (χ0n) is 6.41. The van der Waals surface area contributed by atoms with Crippen molar-refractivity contribution in [2.45, 2.75) is 0 Å². The van der Waals surface area contributed by atoms with Gasteiger partial charge in [-0.2, -0.15) is 0 Å². The van der Waals surface area contributed by atoms with Crippen LogP contribution < -0.4 is 34.7 Å². The molecule has 12 heavy (non-hydrogen) atoms. The second-order valence-corrected chi connectivity index (χ2v) is 1.80. The SMILES string of the molecule is O=C([O-])c1ccccc1O.[Co].[Na+]. The summed E-state index contributed by atoms with van der Waals surface area (Å²) in [5.41, 5.74) is -0.178. The van der Waals surface area contributed by atoms with Crippen LogP contribution in [0.1, 0.15) is 10.4 Å².